The molecule has 1 aromatic rings. The molecule has 1 aliphatic carbocycles. The maximum atomic E-state index is 5.53. The van der Waals surface area contributed by atoms with Crippen LogP contribution in [0.4, 0.5) is 5.82 Å². The summed E-state index contributed by atoms with van der Waals surface area (Å²) in [6, 6.07) is 3.63. The molecule has 2 fully saturated rings. The monoisotopic (exact) mass is 349 g/mol. The van der Waals surface area contributed by atoms with Crippen molar-refractivity contribution in [1.82, 2.24) is 9.97 Å². The van der Waals surface area contributed by atoms with Crippen LogP contribution in [0, 0.1) is 0 Å². The molecule has 1 aliphatic heterocycles. The zero-order valence-electron chi connectivity index (χ0n) is 15.3. The van der Waals surface area contributed by atoms with Crippen molar-refractivity contribution in [3.05, 3.63) is 12.0 Å². The van der Waals surface area contributed by atoms with Gasteiger partial charge in [-0.2, -0.15) is 0 Å². The topological polar surface area (TPSA) is 56.3 Å². The second kappa shape index (κ2) is 7.83. The quantitative estimate of drug-likeness (QED) is 0.779. The van der Waals surface area contributed by atoms with Crippen LogP contribution in [0.5, 0.6) is 5.75 Å². The van der Waals surface area contributed by atoms with Gasteiger partial charge >= 0.3 is 0 Å². The van der Waals surface area contributed by atoms with Crippen molar-refractivity contribution in [3.63, 3.8) is 0 Å². The van der Waals surface area contributed by atoms with Crippen molar-refractivity contribution in [2.24, 2.45) is 0 Å². The smallest absolute Gasteiger partial charge is 0.185 e. The Morgan fingerprint density at radius 2 is 1.83 bits per heavy atom. The zero-order chi connectivity index (χ0) is 17.0. The molecule has 2 heterocycles. The van der Waals surface area contributed by atoms with Crippen LogP contribution in [-0.4, -0.2) is 38.3 Å². The lowest BCUT2D eigenvalue weighted by Crippen LogP contribution is -2.37. The first-order chi connectivity index (χ1) is 11.7. The van der Waals surface area contributed by atoms with Crippen LogP contribution in [0.25, 0.3) is 0 Å². The minimum Gasteiger partial charge on any atom is -0.491 e. The third-order valence-corrected chi connectivity index (χ3v) is 11.7. The highest BCUT2D eigenvalue weighted by molar-refractivity contribution is 6.80. The van der Waals surface area contributed by atoms with E-state index in [9.17, 15) is 0 Å². The first-order valence-electron chi connectivity index (χ1n) is 9.29. The van der Waals surface area contributed by atoms with Gasteiger partial charge in [-0.25, -0.2) is 9.97 Å². The van der Waals surface area contributed by atoms with Gasteiger partial charge < -0.3 is 14.8 Å². The Morgan fingerprint density at radius 3 is 2.46 bits per heavy atom. The predicted molar refractivity (Wildman–Crippen MR) is 99.4 cm³/mol. The molecule has 1 saturated carbocycles. The summed E-state index contributed by atoms with van der Waals surface area (Å²) < 4.78 is 10.7. The van der Waals surface area contributed by atoms with E-state index in [1.54, 1.807) is 32.6 Å². The molecule has 0 aromatic carbocycles. The van der Waals surface area contributed by atoms with Gasteiger partial charge in [0, 0.05) is 13.2 Å². The molecule has 1 saturated heterocycles. The number of hydrogen-bond acceptors (Lipinski definition) is 5. The maximum Gasteiger partial charge on any atom is 0.185 e. The van der Waals surface area contributed by atoms with Gasteiger partial charge in [-0.05, 0) is 18.4 Å². The van der Waals surface area contributed by atoms with Crippen LogP contribution in [0.1, 0.15) is 44.2 Å². The molecule has 2 aliphatic rings. The summed E-state index contributed by atoms with van der Waals surface area (Å²) in [7, 11) is 2.40. The highest BCUT2D eigenvalue weighted by Gasteiger charge is 2.40. The number of nitrogens with zero attached hydrogens (tertiary/aromatic N) is 2. The average molecular weight is 350 g/mol. The van der Waals surface area contributed by atoms with Crippen LogP contribution in [0.3, 0.4) is 0 Å². The Labute approximate surface area is 146 Å². The van der Waals surface area contributed by atoms with Crippen molar-refractivity contribution in [3.8, 4) is 5.75 Å². The Bertz CT molecular complexity index is 541. The molecule has 3 rings (SSSR count). The Kier molecular flexibility index (Phi) is 5.76. The fourth-order valence-electron chi connectivity index (χ4n) is 4.69. The Hall–Kier alpha value is -1.14. The summed E-state index contributed by atoms with van der Waals surface area (Å²) in [6.07, 6.45) is 9.84. The van der Waals surface area contributed by atoms with E-state index in [0.29, 0.717) is 12.6 Å². The first-order valence-corrected chi connectivity index (χ1v) is 12.3. The van der Waals surface area contributed by atoms with Crippen molar-refractivity contribution in [2.75, 3.05) is 19.5 Å². The highest BCUT2D eigenvalue weighted by atomic mass is 28.3. The number of nitrogens with one attached hydrogen (secondary N) is 1. The van der Waals surface area contributed by atoms with Crippen LogP contribution in [0.15, 0.2) is 6.33 Å². The molecule has 0 unspecified atom stereocenters. The predicted octanol–water partition coefficient (Wildman–Crippen LogP) is 4.23. The van der Waals surface area contributed by atoms with Gasteiger partial charge in [-0.15, -0.1) is 0 Å². The normalized spacial score (nSPS) is 26.3. The highest BCUT2D eigenvalue weighted by Crippen LogP contribution is 2.46. The first kappa shape index (κ1) is 17.7. The Morgan fingerprint density at radius 1 is 1.12 bits per heavy atom. The fourth-order valence-corrected chi connectivity index (χ4v) is 9.60. The molecule has 1 N–H and O–H groups in total. The van der Waals surface area contributed by atoms with E-state index in [1.807, 2.05) is 0 Å². The zero-order valence-corrected chi connectivity index (χ0v) is 16.3. The Balaban J connectivity index is 1.61. The maximum absolute atomic E-state index is 5.53. The van der Waals surface area contributed by atoms with E-state index in [0.717, 1.165) is 22.8 Å². The van der Waals surface area contributed by atoms with Gasteiger partial charge in [0.25, 0.3) is 0 Å². The van der Waals surface area contributed by atoms with Crippen molar-refractivity contribution < 1.29 is 9.47 Å². The molecular formula is C18H31N3O2Si. The van der Waals surface area contributed by atoms with E-state index >= 15 is 0 Å². The fraction of sp³-hybridized carbons (Fsp3) is 0.778. The van der Waals surface area contributed by atoms with Gasteiger partial charge in [0.15, 0.2) is 11.6 Å². The molecule has 6 heteroatoms. The molecular weight excluding hydrogens is 318 g/mol. The lowest BCUT2D eigenvalue weighted by atomic mass is 9.95. The minimum atomic E-state index is -0.939. The molecule has 0 radical (unpaired) electrons. The van der Waals surface area contributed by atoms with E-state index in [4.69, 9.17) is 9.47 Å². The van der Waals surface area contributed by atoms with Gasteiger partial charge in [-0.1, -0.05) is 44.3 Å². The SMILES string of the molecule is COCc1ncnc(NC2CCC([Si]3(C)CCCC3)CC2)c1OC. The number of ether oxygens (including phenoxy) is 2. The molecule has 0 atom stereocenters. The van der Waals surface area contributed by atoms with Crippen molar-refractivity contribution in [2.45, 2.75) is 75.4 Å². The second-order valence-corrected chi connectivity index (χ2v) is 12.8. The van der Waals surface area contributed by atoms with E-state index in [-0.39, 0.29) is 0 Å². The molecule has 0 spiro atoms. The average Bonchev–Trinajstić information content (AvgIpc) is 3.04. The third kappa shape index (κ3) is 3.75. The summed E-state index contributed by atoms with van der Waals surface area (Å²) in [5.41, 5.74) is 1.84. The molecule has 0 amide bonds. The number of aromatic nitrogens is 2. The summed E-state index contributed by atoms with van der Waals surface area (Å²) in [6.45, 7) is 3.10. The van der Waals surface area contributed by atoms with Crippen LogP contribution >= 0.6 is 0 Å². The van der Waals surface area contributed by atoms with Gasteiger partial charge in [0.2, 0.25) is 0 Å². The van der Waals surface area contributed by atoms with Crippen LogP contribution < -0.4 is 10.1 Å². The van der Waals surface area contributed by atoms with Gasteiger partial charge in [0.1, 0.15) is 12.0 Å². The molecule has 5 nitrogen and oxygen atoms in total. The minimum absolute atomic E-state index is 0.442. The largest absolute Gasteiger partial charge is 0.491 e. The lowest BCUT2D eigenvalue weighted by molar-refractivity contribution is 0.178. The molecule has 0 bridgehead atoms. The van der Waals surface area contributed by atoms with Crippen molar-refractivity contribution in [1.29, 1.82) is 0 Å². The van der Waals surface area contributed by atoms with E-state index in [1.165, 1.54) is 38.5 Å². The number of methoxy groups -OCH3 is 2. The van der Waals surface area contributed by atoms with Crippen LogP contribution in [-0.2, 0) is 11.3 Å². The number of anilines is 1. The summed E-state index contributed by atoms with van der Waals surface area (Å²) in [4.78, 5) is 8.67. The van der Waals surface area contributed by atoms with Gasteiger partial charge in [0.05, 0.1) is 21.8 Å². The van der Waals surface area contributed by atoms with E-state index in [2.05, 4.69) is 21.8 Å². The third-order valence-electron chi connectivity index (χ3n) is 6.16. The molecule has 134 valence electrons. The van der Waals surface area contributed by atoms with Crippen molar-refractivity contribution >= 4 is 13.9 Å². The van der Waals surface area contributed by atoms with Crippen LogP contribution in [0.2, 0.25) is 24.2 Å². The number of hydrogen-bond donors (Lipinski definition) is 1. The lowest BCUT2D eigenvalue weighted by Gasteiger charge is -2.38. The second-order valence-electron chi connectivity index (χ2n) is 7.69. The van der Waals surface area contributed by atoms with E-state index < -0.39 is 8.07 Å². The summed E-state index contributed by atoms with van der Waals surface area (Å²) >= 11 is 0. The molecule has 1 aromatic heterocycles. The van der Waals surface area contributed by atoms with Gasteiger partial charge in [-0.3, -0.25) is 0 Å². The number of rotatable bonds is 6. The summed E-state index contributed by atoms with van der Waals surface area (Å²) in [5.74, 6) is 1.53. The standard InChI is InChI=1S/C18H31N3O2Si/c1-22-12-16-17(23-2)18(20-13-19-16)21-14-6-8-15(9-7-14)24(3)10-4-5-11-24/h13-15H,4-12H2,1-3H3,(H,19,20,21). The summed E-state index contributed by atoms with van der Waals surface area (Å²) in [5, 5.41) is 3.61. The molecule has 24 heavy (non-hydrogen) atoms.